The van der Waals surface area contributed by atoms with E-state index >= 15 is 0 Å². The summed E-state index contributed by atoms with van der Waals surface area (Å²) < 4.78 is 41.4. The van der Waals surface area contributed by atoms with Crippen LogP contribution in [0, 0.1) is 11.3 Å². The molecule has 0 amide bonds. The lowest BCUT2D eigenvalue weighted by Crippen LogP contribution is -2.27. The Labute approximate surface area is 171 Å². The number of aromatic nitrogens is 3. The average molecular weight is 409 g/mol. The Morgan fingerprint density at radius 3 is 2.50 bits per heavy atom. The number of nitrogens with zero attached hydrogens (tertiary/aromatic N) is 5. The summed E-state index contributed by atoms with van der Waals surface area (Å²) in [6.45, 7) is 3.76. The van der Waals surface area contributed by atoms with Gasteiger partial charge >= 0.3 is 6.18 Å². The molecule has 2 aromatic carbocycles. The molecule has 1 aliphatic heterocycles. The van der Waals surface area contributed by atoms with E-state index in [1.54, 1.807) is 27.8 Å². The van der Waals surface area contributed by atoms with Gasteiger partial charge in [0.2, 0.25) is 5.95 Å². The lowest BCUT2D eigenvalue weighted by molar-refractivity contribution is -0.137. The third-order valence-electron chi connectivity index (χ3n) is 5.00. The molecule has 1 aliphatic rings. The Bertz CT molecular complexity index is 1150. The molecule has 152 valence electrons. The van der Waals surface area contributed by atoms with E-state index < -0.39 is 11.7 Å². The number of rotatable bonds is 3. The molecule has 0 fully saturated rings. The molecular formula is C22H18F3N5. The standard InChI is InChI=1S/C22H18F3N5/c1-3-20-27-21-29(18-6-4-5-17(12-18)22(23,24)25)14(2)11-19(30(21)28-20)16-9-7-15(13-26)8-10-16/h4-12,19H,3H2,1-2H3. The van der Waals surface area contributed by atoms with Gasteiger partial charge in [0.15, 0.2) is 5.82 Å². The number of fused-ring (bicyclic) bond motifs is 1. The van der Waals surface area contributed by atoms with Crippen LogP contribution in [0.4, 0.5) is 24.8 Å². The van der Waals surface area contributed by atoms with Gasteiger partial charge in [-0.05, 0) is 48.9 Å². The predicted octanol–water partition coefficient (Wildman–Crippen LogP) is 5.38. The molecule has 4 rings (SSSR count). The molecule has 2 heterocycles. The first kappa shape index (κ1) is 19.7. The molecule has 8 heteroatoms. The largest absolute Gasteiger partial charge is 0.416 e. The second kappa shape index (κ2) is 7.34. The Morgan fingerprint density at radius 2 is 1.87 bits per heavy atom. The maximum absolute atomic E-state index is 13.2. The molecule has 1 atom stereocenters. The van der Waals surface area contributed by atoms with Crippen molar-refractivity contribution in [3.05, 3.63) is 82.8 Å². The molecule has 3 aromatic rings. The summed E-state index contributed by atoms with van der Waals surface area (Å²) >= 11 is 0. The number of hydrogen-bond donors (Lipinski definition) is 0. The van der Waals surface area contributed by atoms with Gasteiger partial charge in [0.05, 0.1) is 17.2 Å². The van der Waals surface area contributed by atoms with E-state index in [9.17, 15) is 13.2 Å². The van der Waals surface area contributed by atoms with Crippen LogP contribution in [0.5, 0.6) is 0 Å². The lowest BCUT2D eigenvalue weighted by atomic mass is 10.0. The third-order valence-corrected chi connectivity index (χ3v) is 5.00. The highest BCUT2D eigenvalue weighted by atomic mass is 19.4. The summed E-state index contributed by atoms with van der Waals surface area (Å²) in [6.07, 6.45) is -1.91. The fraction of sp³-hybridized carbons (Fsp3) is 0.227. The van der Waals surface area contributed by atoms with E-state index in [2.05, 4.69) is 16.2 Å². The van der Waals surface area contributed by atoms with E-state index in [0.717, 1.165) is 23.4 Å². The van der Waals surface area contributed by atoms with E-state index in [4.69, 9.17) is 5.26 Å². The zero-order valence-electron chi connectivity index (χ0n) is 16.4. The molecule has 1 unspecified atom stereocenters. The monoisotopic (exact) mass is 409 g/mol. The van der Waals surface area contributed by atoms with Crippen molar-refractivity contribution in [2.45, 2.75) is 32.5 Å². The van der Waals surface area contributed by atoms with Crippen molar-refractivity contribution in [1.82, 2.24) is 14.8 Å². The quantitative estimate of drug-likeness (QED) is 0.583. The number of aryl methyl sites for hydroxylation is 1. The van der Waals surface area contributed by atoms with Crippen molar-refractivity contribution in [2.75, 3.05) is 4.90 Å². The molecule has 30 heavy (non-hydrogen) atoms. The van der Waals surface area contributed by atoms with Crippen LogP contribution in [0.25, 0.3) is 0 Å². The van der Waals surface area contributed by atoms with Crippen LogP contribution in [0.15, 0.2) is 60.3 Å². The first-order valence-corrected chi connectivity index (χ1v) is 9.43. The second-order valence-corrected chi connectivity index (χ2v) is 7.00. The highest BCUT2D eigenvalue weighted by Gasteiger charge is 2.33. The van der Waals surface area contributed by atoms with E-state index in [-0.39, 0.29) is 6.04 Å². The summed E-state index contributed by atoms with van der Waals surface area (Å²) in [4.78, 5) is 6.26. The van der Waals surface area contributed by atoms with E-state index in [1.165, 1.54) is 6.07 Å². The second-order valence-electron chi connectivity index (χ2n) is 7.00. The number of halogens is 3. The highest BCUT2D eigenvalue weighted by molar-refractivity contribution is 5.66. The van der Waals surface area contributed by atoms with Crippen LogP contribution < -0.4 is 4.90 Å². The Kier molecular flexibility index (Phi) is 4.82. The van der Waals surface area contributed by atoms with Crippen molar-refractivity contribution in [2.24, 2.45) is 0 Å². The molecule has 0 bridgehead atoms. The van der Waals surface area contributed by atoms with Crippen LogP contribution >= 0.6 is 0 Å². The fourth-order valence-corrected chi connectivity index (χ4v) is 3.51. The summed E-state index contributed by atoms with van der Waals surface area (Å²) in [6, 6.07) is 14.2. The predicted molar refractivity (Wildman–Crippen MR) is 106 cm³/mol. The minimum absolute atomic E-state index is 0.275. The number of nitriles is 1. The van der Waals surface area contributed by atoms with Crippen LogP contribution in [-0.4, -0.2) is 14.8 Å². The average Bonchev–Trinajstić information content (AvgIpc) is 3.17. The van der Waals surface area contributed by atoms with Crippen molar-refractivity contribution < 1.29 is 13.2 Å². The summed E-state index contributed by atoms with van der Waals surface area (Å²) in [5.41, 5.74) is 1.85. The summed E-state index contributed by atoms with van der Waals surface area (Å²) in [5.74, 6) is 1.06. The van der Waals surface area contributed by atoms with Gasteiger partial charge in [-0.15, -0.1) is 0 Å². The first-order valence-electron chi connectivity index (χ1n) is 9.43. The molecule has 0 radical (unpaired) electrons. The molecule has 5 nitrogen and oxygen atoms in total. The number of allylic oxidation sites excluding steroid dienone is 2. The molecule has 0 N–H and O–H groups in total. The Morgan fingerprint density at radius 1 is 1.13 bits per heavy atom. The number of hydrogen-bond acceptors (Lipinski definition) is 4. The topological polar surface area (TPSA) is 57.7 Å². The van der Waals surface area contributed by atoms with Crippen molar-refractivity contribution in [3.63, 3.8) is 0 Å². The van der Waals surface area contributed by atoms with Crippen LogP contribution in [0.3, 0.4) is 0 Å². The maximum atomic E-state index is 13.2. The molecular weight excluding hydrogens is 391 g/mol. The van der Waals surface area contributed by atoms with E-state index in [1.807, 2.05) is 32.1 Å². The van der Waals surface area contributed by atoms with Crippen LogP contribution in [0.2, 0.25) is 0 Å². The van der Waals surface area contributed by atoms with Crippen molar-refractivity contribution in [1.29, 1.82) is 5.26 Å². The van der Waals surface area contributed by atoms with Gasteiger partial charge in [-0.2, -0.15) is 28.5 Å². The SMILES string of the molecule is CCc1nc2n(n1)C(c1ccc(C#N)cc1)C=C(C)N2c1cccc(C(F)(F)F)c1. The summed E-state index contributed by atoms with van der Waals surface area (Å²) in [7, 11) is 0. The lowest BCUT2D eigenvalue weighted by Gasteiger charge is -2.32. The van der Waals surface area contributed by atoms with E-state index in [0.29, 0.717) is 29.4 Å². The highest BCUT2D eigenvalue weighted by Crippen LogP contribution is 2.39. The molecule has 0 saturated carbocycles. The Hall–Kier alpha value is -3.60. The molecule has 1 aromatic heterocycles. The zero-order valence-corrected chi connectivity index (χ0v) is 16.4. The van der Waals surface area contributed by atoms with Crippen LogP contribution in [0.1, 0.15) is 42.4 Å². The van der Waals surface area contributed by atoms with Gasteiger partial charge in [-0.25, -0.2) is 4.68 Å². The third kappa shape index (κ3) is 3.43. The van der Waals surface area contributed by atoms with Crippen molar-refractivity contribution in [3.8, 4) is 6.07 Å². The Balaban J connectivity index is 1.84. The number of alkyl halides is 3. The minimum Gasteiger partial charge on any atom is -0.284 e. The molecule has 0 aliphatic carbocycles. The maximum Gasteiger partial charge on any atom is 0.416 e. The smallest absolute Gasteiger partial charge is 0.284 e. The van der Waals surface area contributed by atoms with Gasteiger partial charge in [0.1, 0.15) is 6.04 Å². The number of anilines is 2. The normalized spacial score (nSPS) is 16.1. The van der Waals surface area contributed by atoms with Gasteiger partial charge in [0, 0.05) is 17.8 Å². The number of benzene rings is 2. The first-order chi connectivity index (χ1) is 14.3. The molecule has 0 spiro atoms. The van der Waals surface area contributed by atoms with Crippen molar-refractivity contribution >= 4 is 11.6 Å². The zero-order chi connectivity index (χ0) is 21.5. The van der Waals surface area contributed by atoms with Gasteiger partial charge in [0.25, 0.3) is 0 Å². The van der Waals surface area contributed by atoms with Crippen LogP contribution in [-0.2, 0) is 12.6 Å². The fourth-order valence-electron chi connectivity index (χ4n) is 3.51. The van der Waals surface area contributed by atoms with Gasteiger partial charge in [-0.1, -0.05) is 25.1 Å². The summed E-state index contributed by atoms with van der Waals surface area (Å²) in [5, 5.41) is 13.6. The minimum atomic E-state index is -4.43. The van der Waals surface area contributed by atoms with Gasteiger partial charge in [-0.3, -0.25) is 4.90 Å². The molecule has 0 saturated heterocycles. The van der Waals surface area contributed by atoms with Gasteiger partial charge < -0.3 is 0 Å².